The van der Waals surface area contributed by atoms with Crippen LogP contribution in [-0.2, 0) is 11.3 Å². The van der Waals surface area contributed by atoms with Crippen molar-refractivity contribution in [2.75, 3.05) is 7.05 Å². The van der Waals surface area contributed by atoms with Crippen LogP contribution in [0.4, 0.5) is 0 Å². The summed E-state index contributed by atoms with van der Waals surface area (Å²) in [6, 6.07) is 3.64. The highest BCUT2D eigenvalue weighted by atomic mass is 35.5. The van der Waals surface area contributed by atoms with E-state index in [1.807, 2.05) is 32.9 Å². The maximum atomic E-state index is 11.9. The molecule has 0 bridgehead atoms. The summed E-state index contributed by atoms with van der Waals surface area (Å²) in [6.07, 6.45) is 0. The minimum atomic E-state index is -0.166. The first-order chi connectivity index (χ1) is 7.41. The molecule has 1 aromatic heterocycles. The van der Waals surface area contributed by atoms with Gasteiger partial charge in [-0.3, -0.25) is 4.79 Å². The van der Waals surface area contributed by atoms with Gasteiger partial charge in [0.2, 0.25) is 5.91 Å². The van der Waals surface area contributed by atoms with Crippen LogP contribution < -0.4 is 5.73 Å². The second-order valence-electron chi connectivity index (χ2n) is 4.35. The third kappa shape index (κ3) is 4.40. The topological polar surface area (TPSA) is 59.5 Å². The van der Waals surface area contributed by atoms with Crippen molar-refractivity contribution in [3.8, 4) is 0 Å². The minimum absolute atomic E-state index is 0. The molecule has 98 valence electrons. The highest BCUT2D eigenvalue weighted by Crippen LogP contribution is 2.11. The summed E-state index contributed by atoms with van der Waals surface area (Å²) in [5, 5.41) is 0. The third-order valence-corrected chi connectivity index (χ3v) is 2.74. The van der Waals surface area contributed by atoms with Crippen LogP contribution in [0.2, 0.25) is 0 Å². The van der Waals surface area contributed by atoms with Crippen molar-refractivity contribution < 1.29 is 9.21 Å². The number of carbonyl (C=O) groups excluding carboxylic acids is 1. The summed E-state index contributed by atoms with van der Waals surface area (Å²) in [7, 11) is 1.76. The molecular formula is C12H21ClN2O2. The van der Waals surface area contributed by atoms with Crippen molar-refractivity contribution in [2.24, 2.45) is 11.7 Å². The van der Waals surface area contributed by atoms with E-state index in [0.717, 1.165) is 11.5 Å². The number of carbonyl (C=O) groups is 1. The molecule has 1 amide bonds. The molecule has 0 aliphatic heterocycles. The molecule has 0 aliphatic carbocycles. The number of halogens is 1. The van der Waals surface area contributed by atoms with Crippen LogP contribution in [0, 0.1) is 12.8 Å². The lowest BCUT2D eigenvalue weighted by Crippen LogP contribution is -2.39. The average Bonchev–Trinajstić information content (AvgIpc) is 2.61. The lowest BCUT2D eigenvalue weighted by molar-refractivity contribution is -0.134. The van der Waals surface area contributed by atoms with Gasteiger partial charge in [0.25, 0.3) is 0 Å². The van der Waals surface area contributed by atoms with E-state index in [9.17, 15) is 4.79 Å². The van der Waals surface area contributed by atoms with E-state index in [-0.39, 0.29) is 30.3 Å². The summed E-state index contributed by atoms with van der Waals surface area (Å²) in [5.74, 6) is 1.53. The first kappa shape index (κ1) is 16.0. The molecule has 0 radical (unpaired) electrons. The number of nitrogens with zero attached hydrogens (tertiary/aromatic N) is 1. The van der Waals surface area contributed by atoms with Crippen molar-refractivity contribution in [1.29, 1.82) is 0 Å². The molecule has 5 heteroatoms. The van der Waals surface area contributed by atoms with Gasteiger partial charge in [0.15, 0.2) is 0 Å². The Morgan fingerprint density at radius 3 is 2.47 bits per heavy atom. The summed E-state index contributed by atoms with van der Waals surface area (Å²) in [6.45, 7) is 6.06. The Morgan fingerprint density at radius 2 is 2.06 bits per heavy atom. The largest absolute Gasteiger partial charge is 0.464 e. The number of rotatable bonds is 4. The molecule has 2 unspecified atom stereocenters. The maximum absolute atomic E-state index is 11.9. The van der Waals surface area contributed by atoms with E-state index in [0.29, 0.717) is 6.54 Å². The van der Waals surface area contributed by atoms with E-state index < -0.39 is 0 Å². The van der Waals surface area contributed by atoms with Crippen molar-refractivity contribution in [1.82, 2.24) is 4.90 Å². The Morgan fingerprint density at radius 1 is 1.47 bits per heavy atom. The Kier molecular flexibility index (Phi) is 6.27. The number of nitrogens with two attached hydrogens (primary N) is 1. The van der Waals surface area contributed by atoms with Gasteiger partial charge in [-0.1, -0.05) is 6.92 Å². The smallest absolute Gasteiger partial charge is 0.227 e. The van der Waals surface area contributed by atoms with Gasteiger partial charge in [-0.05, 0) is 26.0 Å². The van der Waals surface area contributed by atoms with Crippen LogP contribution in [0.5, 0.6) is 0 Å². The first-order valence-electron chi connectivity index (χ1n) is 5.47. The molecule has 1 rings (SSSR count). The zero-order valence-electron chi connectivity index (χ0n) is 10.8. The molecule has 2 N–H and O–H groups in total. The molecule has 2 atom stereocenters. The fourth-order valence-corrected chi connectivity index (χ4v) is 1.45. The van der Waals surface area contributed by atoms with Gasteiger partial charge in [-0.25, -0.2) is 0 Å². The SMILES string of the molecule is Cc1ccc(CN(C)C(=O)C(C)C(C)N)o1.Cl. The standard InChI is InChI=1S/C12H20N2O2.ClH/c1-8-5-6-11(16-8)7-14(4)12(15)9(2)10(3)13;/h5-6,9-10H,7,13H2,1-4H3;1H. The molecule has 17 heavy (non-hydrogen) atoms. The Bertz CT molecular complexity index is 363. The highest BCUT2D eigenvalue weighted by molar-refractivity contribution is 5.85. The molecule has 1 heterocycles. The van der Waals surface area contributed by atoms with Crippen LogP contribution in [0.15, 0.2) is 16.5 Å². The van der Waals surface area contributed by atoms with Crippen LogP contribution in [0.1, 0.15) is 25.4 Å². The van der Waals surface area contributed by atoms with Crippen LogP contribution in [-0.4, -0.2) is 23.9 Å². The monoisotopic (exact) mass is 260 g/mol. The maximum Gasteiger partial charge on any atom is 0.227 e. The second kappa shape index (κ2) is 6.67. The van der Waals surface area contributed by atoms with Crippen molar-refractivity contribution in [2.45, 2.75) is 33.4 Å². The predicted octanol–water partition coefficient (Wildman–Crippen LogP) is 1.95. The van der Waals surface area contributed by atoms with Gasteiger partial charge in [0.1, 0.15) is 11.5 Å². The average molecular weight is 261 g/mol. The molecule has 0 saturated heterocycles. The summed E-state index contributed by atoms with van der Waals surface area (Å²) >= 11 is 0. The fraction of sp³-hybridized carbons (Fsp3) is 0.583. The van der Waals surface area contributed by atoms with Gasteiger partial charge in [0.05, 0.1) is 12.5 Å². The number of hydrogen-bond donors (Lipinski definition) is 1. The van der Waals surface area contributed by atoms with Gasteiger partial charge in [0, 0.05) is 13.1 Å². The lowest BCUT2D eigenvalue weighted by Gasteiger charge is -2.22. The molecule has 0 fully saturated rings. The van der Waals surface area contributed by atoms with E-state index in [1.54, 1.807) is 11.9 Å². The Hall–Kier alpha value is -1.00. The minimum Gasteiger partial charge on any atom is -0.464 e. The zero-order chi connectivity index (χ0) is 12.3. The van der Waals surface area contributed by atoms with E-state index >= 15 is 0 Å². The van der Waals surface area contributed by atoms with Crippen molar-refractivity contribution >= 4 is 18.3 Å². The molecule has 0 aliphatic rings. The predicted molar refractivity (Wildman–Crippen MR) is 70.0 cm³/mol. The number of furan rings is 1. The van der Waals surface area contributed by atoms with Gasteiger partial charge in [-0.2, -0.15) is 0 Å². The van der Waals surface area contributed by atoms with Gasteiger partial charge >= 0.3 is 0 Å². The van der Waals surface area contributed by atoms with Gasteiger partial charge in [-0.15, -0.1) is 12.4 Å². The second-order valence-corrected chi connectivity index (χ2v) is 4.35. The van der Waals surface area contributed by atoms with Crippen molar-refractivity contribution in [3.63, 3.8) is 0 Å². The normalized spacial score (nSPS) is 13.7. The Labute approximate surface area is 109 Å². The molecular weight excluding hydrogens is 240 g/mol. The summed E-state index contributed by atoms with van der Waals surface area (Å²) in [4.78, 5) is 13.5. The molecule has 1 aromatic rings. The number of hydrogen-bond acceptors (Lipinski definition) is 3. The lowest BCUT2D eigenvalue weighted by atomic mass is 10.0. The highest BCUT2D eigenvalue weighted by Gasteiger charge is 2.21. The quantitative estimate of drug-likeness (QED) is 0.900. The number of amides is 1. The molecule has 0 spiro atoms. The van der Waals surface area contributed by atoms with E-state index in [2.05, 4.69) is 0 Å². The van der Waals surface area contributed by atoms with Crippen LogP contribution >= 0.6 is 12.4 Å². The van der Waals surface area contributed by atoms with Crippen LogP contribution in [0.3, 0.4) is 0 Å². The van der Waals surface area contributed by atoms with E-state index in [4.69, 9.17) is 10.2 Å². The first-order valence-corrected chi connectivity index (χ1v) is 5.47. The molecule has 0 saturated carbocycles. The van der Waals surface area contributed by atoms with Gasteiger partial charge < -0.3 is 15.1 Å². The third-order valence-electron chi connectivity index (χ3n) is 2.74. The molecule has 4 nitrogen and oxygen atoms in total. The summed E-state index contributed by atoms with van der Waals surface area (Å²) < 4.78 is 5.42. The fourth-order valence-electron chi connectivity index (χ4n) is 1.45. The number of aryl methyl sites for hydroxylation is 1. The van der Waals surface area contributed by atoms with Crippen LogP contribution in [0.25, 0.3) is 0 Å². The Balaban J connectivity index is 0.00000256. The molecule has 0 aromatic carbocycles. The van der Waals surface area contributed by atoms with E-state index in [1.165, 1.54) is 0 Å². The summed E-state index contributed by atoms with van der Waals surface area (Å²) in [5.41, 5.74) is 5.70. The zero-order valence-corrected chi connectivity index (χ0v) is 11.6. The van der Waals surface area contributed by atoms with Crippen molar-refractivity contribution in [3.05, 3.63) is 23.7 Å².